The third-order valence-corrected chi connectivity index (χ3v) is 7.32. The van der Waals surface area contributed by atoms with Gasteiger partial charge in [0.25, 0.3) is 0 Å². The highest BCUT2D eigenvalue weighted by Gasteiger charge is 2.32. The van der Waals surface area contributed by atoms with Gasteiger partial charge in [-0.05, 0) is 43.5 Å². The van der Waals surface area contributed by atoms with E-state index in [0.717, 1.165) is 11.3 Å². The highest BCUT2D eigenvalue weighted by atomic mass is 32.2. The molecule has 0 radical (unpaired) electrons. The van der Waals surface area contributed by atoms with Crippen molar-refractivity contribution < 1.29 is 22.3 Å². The number of benzene rings is 2. The molecular weight excluding hydrogens is 407 g/mol. The maximum atomic E-state index is 13.8. The first-order valence-corrected chi connectivity index (χ1v) is 11.6. The number of hydrogen-bond donors (Lipinski definition) is 1. The Balaban J connectivity index is 1.54. The van der Waals surface area contributed by atoms with Gasteiger partial charge in [0.2, 0.25) is 15.9 Å². The summed E-state index contributed by atoms with van der Waals surface area (Å²) in [7, 11) is -2.03. The number of rotatable bonds is 7. The molecule has 162 valence electrons. The molecule has 0 aromatic heterocycles. The summed E-state index contributed by atoms with van der Waals surface area (Å²) in [5.74, 6) is -0.468. The minimum Gasteiger partial charge on any atom is -0.497 e. The Morgan fingerprint density at radius 3 is 2.40 bits per heavy atom. The van der Waals surface area contributed by atoms with E-state index in [4.69, 9.17) is 4.74 Å². The molecule has 1 aliphatic rings. The lowest BCUT2D eigenvalue weighted by atomic mass is 9.96. The summed E-state index contributed by atoms with van der Waals surface area (Å²) in [5.41, 5.74) is 1.12. The molecule has 0 unspecified atom stereocenters. The van der Waals surface area contributed by atoms with E-state index in [1.807, 2.05) is 31.2 Å². The zero-order chi connectivity index (χ0) is 21.7. The normalized spacial score (nSPS) is 16.8. The molecular formula is C22H27FN2O4S. The number of carbonyl (C=O) groups is 1. The number of carbonyl (C=O) groups excluding carboxylic acids is 1. The fraction of sp³-hybridized carbons (Fsp3) is 0.409. The van der Waals surface area contributed by atoms with Crippen molar-refractivity contribution in [2.24, 2.45) is 5.92 Å². The van der Waals surface area contributed by atoms with Gasteiger partial charge in [-0.2, -0.15) is 0 Å². The van der Waals surface area contributed by atoms with Gasteiger partial charge in [0.15, 0.2) is 0 Å². The Labute approximate surface area is 177 Å². The van der Waals surface area contributed by atoms with Crippen molar-refractivity contribution in [1.29, 1.82) is 0 Å². The third kappa shape index (κ3) is 5.37. The summed E-state index contributed by atoms with van der Waals surface area (Å²) in [4.78, 5) is 12.6. The van der Waals surface area contributed by atoms with Crippen LogP contribution in [0.3, 0.4) is 0 Å². The molecule has 1 amide bonds. The van der Waals surface area contributed by atoms with Crippen LogP contribution in [0.15, 0.2) is 48.5 Å². The van der Waals surface area contributed by atoms with Crippen molar-refractivity contribution in [3.8, 4) is 5.75 Å². The van der Waals surface area contributed by atoms with Crippen molar-refractivity contribution in [3.63, 3.8) is 0 Å². The SMILES string of the molecule is COc1ccc([C@@H](C)NC(=O)C2CCN(S(=O)(=O)Cc3ccccc3F)CC2)cc1. The van der Waals surface area contributed by atoms with Crippen LogP contribution < -0.4 is 10.1 Å². The molecule has 1 N–H and O–H groups in total. The quantitative estimate of drug-likeness (QED) is 0.726. The number of nitrogens with zero attached hydrogens (tertiary/aromatic N) is 1. The van der Waals surface area contributed by atoms with E-state index in [2.05, 4.69) is 5.32 Å². The second kappa shape index (κ2) is 9.57. The number of hydrogen-bond acceptors (Lipinski definition) is 4. The van der Waals surface area contributed by atoms with Crippen molar-refractivity contribution in [2.75, 3.05) is 20.2 Å². The van der Waals surface area contributed by atoms with Crippen molar-refractivity contribution in [2.45, 2.75) is 31.6 Å². The minimum atomic E-state index is -3.63. The van der Waals surface area contributed by atoms with Crippen LogP contribution >= 0.6 is 0 Å². The van der Waals surface area contributed by atoms with Gasteiger partial charge in [-0.15, -0.1) is 0 Å². The number of piperidine rings is 1. The largest absolute Gasteiger partial charge is 0.497 e. The number of halogens is 1. The van der Waals surface area contributed by atoms with E-state index in [0.29, 0.717) is 12.8 Å². The topological polar surface area (TPSA) is 75.7 Å². The summed E-state index contributed by atoms with van der Waals surface area (Å²) in [6, 6.07) is 13.2. The first-order valence-electron chi connectivity index (χ1n) is 9.95. The van der Waals surface area contributed by atoms with Crippen LogP contribution in [0.2, 0.25) is 0 Å². The van der Waals surface area contributed by atoms with E-state index >= 15 is 0 Å². The lowest BCUT2D eigenvalue weighted by molar-refractivity contribution is -0.126. The Hall–Kier alpha value is -2.45. The van der Waals surface area contributed by atoms with Crippen LogP contribution in [0.5, 0.6) is 5.75 Å². The summed E-state index contributed by atoms with van der Waals surface area (Å²) < 4.78 is 45.6. The highest BCUT2D eigenvalue weighted by molar-refractivity contribution is 7.88. The number of ether oxygens (including phenoxy) is 1. The fourth-order valence-electron chi connectivity index (χ4n) is 3.61. The first-order chi connectivity index (χ1) is 14.3. The molecule has 0 bridgehead atoms. The lowest BCUT2D eigenvalue weighted by Gasteiger charge is -2.31. The van der Waals surface area contributed by atoms with Gasteiger partial charge in [-0.3, -0.25) is 4.79 Å². The van der Waals surface area contributed by atoms with Crippen LogP contribution in [-0.2, 0) is 20.6 Å². The molecule has 2 aromatic carbocycles. The predicted octanol–water partition coefficient (Wildman–Crippen LogP) is 3.25. The molecule has 0 aliphatic carbocycles. The van der Waals surface area contributed by atoms with E-state index in [9.17, 15) is 17.6 Å². The van der Waals surface area contributed by atoms with Crippen LogP contribution in [0.4, 0.5) is 4.39 Å². The summed E-state index contributed by atoms with van der Waals surface area (Å²) in [6.07, 6.45) is 0.884. The van der Waals surface area contributed by atoms with Gasteiger partial charge in [0, 0.05) is 24.6 Å². The van der Waals surface area contributed by atoms with Gasteiger partial charge < -0.3 is 10.1 Å². The standard InChI is InChI=1S/C22H27FN2O4S/c1-16(17-7-9-20(29-2)10-8-17)24-22(26)18-11-13-25(14-12-18)30(27,28)15-19-5-3-4-6-21(19)23/h3-10,16,18H,11-15H2,1-2H3,(H,24,26)/t16-/m1/s1. The molecule has 3 rings (SSSR count). The molecule has 1 heterocycles. The number of methoxy groups -OCH3 is 1. The molecule has 6 nitrogen and oxygen atoms in total. The van der Waals surface area contributed by atoms with E-state index in [1.165, 1.54) is 22.5 Å². The maximum absolute atomic E-state index is 13.8. The second-order valence-electron chi connectivity index (χ2n) is 7.52. The number of sulfonamides is 1. The van der Waals surface area contributed by atoms with Gasteiger partial charge in [-0.25, -0.2) is 17.1 Å². The molecule has 1 saturated heterocycles. The molecule has 0 spiro atoms. The van der Waals surface area contributed by atoms with E-state index < -0.39 is 15.8 Å². The van der Waals surface area contributed by atoms with Crippen LogP contribution in [0.25, 0.3) is 0 Å². The smallest absolute Gasteiger partial charge is 0.223 e. The Morgan fingerprint density at radius 1 is 1.17 bits per heavy atom. The minimum absolute atomic E-state index is 0.0792. The van der Waals surface area contributed by atoms with Crippen molar-refractivity contribution in [1.82, 2.24) is 9.62 Å². The fourth-order valence-corrected chi connectivity index (χ4v) is 5.18. The van der Waals surface area contributed by atoms with Crippen molar-refractivity contribution >= 4 is 15.9 Å². The molecule has 2 aromatic rings. The maximum Gasteiger partial charge on any atom is 0.223 e. The first kappa shape index (κ1) is 22.2. The van der Waals surface area contributed by atoms with Gasteiger partial charge in [-0.1, -0.05) is 30.3 Å². The monoisotopic (exact) mass is 434 g/mol. The predicted molar refractivity (Wildman–Crippen MR) is 113 cm³/mol. The van der Waals surface area contributed by atoms with Crippen molar-refractivity contribution in [3.05, 3.63) is 65.5 Å². The van der Waals surface area contributed by atoms with Crippen LogP contribution in [0.1, 0.15) is 36.9 Å². The zero-order valence-corrected chi connectivity index (χ0v) is 18.0. The third-order valence-electron chi connectivity index (χ3n) is 5.49. The van der Waals surface area contributed by atoms with Crippen LogP contribution in [-0.4, -0.2) is 38.8 Å². The number of nitrogens with one attached hydrogen (secondary N) is 1. The zero-order valence-electron chi connectivity index (χ0n) is 17.2. The van der Waals surface area contributed by atoms with E-state index in [1.54, 1.807) is 13.2 Å². The molecule has 0 saturated carbocycles. The van der Waals surface area contributed by atoms with Gasteiger partial charge >= 0.3 is 0 Å². The molecule has 1 fully saturated rings. The molecule has 30 heavy (non-hydrogen) atoms. The average Bonchev–Trinajstić information content (AvgIpc) is 2.75. The van der Waals surface area contributed by atoms with Gasteiger partial charge in [0.05, 0.1) is 18.9 Å². The molecule has 1 atom stereocenters. The number of amides is 1. The average molecular weight is 435 g/mol. The Kier molecular flexibility index (Phi) is 7.10. The van der Waals surface area contributed by atoms with E-state index in [-0.39, 0.29) is 42.3 Å². The Morgan fingerprint density at radius 2 is 1.80 bits per heavy atom. The summed E-state index contributed by atoms with van der Waals surface area (Å²) >= 11 is 0. The highest BCUT2D eigenvalue weighted by Crippen LogP contribution is 2.24. The van der Waals surface area contributed by atoms with Crippen LogP contribution in [0, 0.1) is 11.7 Å². The van der Waals surface area contributed by atoms with Gasteiger partial charge in [0.1, 0.15) is 11.6 Å². The lowest BCUT2D eigenvalue weighted by Crippen LogP contribution is -2.43. The summed E-state index contributed by atoms with van der Waals surface area (Å²) in [5, 5.41) is 3.01. The Bertz CT molecular complexity index is 971. The molecule has 8 heteroatoms. The summed E-state index contributed by atoms with van der Waals surface area (Å²) in [6.45, 7) is 2.42. The molecule has 1 aliphatic heterocycles. The second-order valence-corrected chi connectivity index (χ2v) is 9.49.